The summed E-state index contributed by atoms with van der Waals surface area (Å²) in [6.07, 6.45) is 0. The van der Waals surface area contributed by atoms with Crippen LogP contribution >= 0.6 is 22.9 Å². The van der Waals surface area contributed by atoms with Crippen LogP contribution in [0, 0.1) is 13.8 Å². The third kappa shape index (κ3) is 3.30. The molecular formula is C11H16ClN5OS. The number of rotatable bonds is 6. The van der Waals surface area contributed by atoms with E-state index in [0.29, 0.717) is 18.2 Å². The zero-order chi connectivity index (χ0) is 13.8. The second-order valence-corrected chi connectivity index (χ2v) is 5.46. The van der Waals surface area contributed by atoms with E-state index in [1.165, 1.54) is 11.3 Å². The van der Waals surface area contributed by atoms with Crippen molar-refractivity contribution in [2.75, 3.05) is 20.3 Å². The highest BCUT2D eigenvalue weighted by Gasteiger charge is 2.14. The molecule has 0 unspecified atom stereocenters. The number of ether oxygens (including phenoxy) is 1. The molecule has 0 aliphatic carbocycles. The molecule has 0 amide bonds. The fourth-order valence-electron chi connectivity index (χ4n) is 1.58. The lowest BCUT2D eigenvalue weighted by Gasteiger charge is -1.99. The molecular weight excluding hydrogens is 286 g/mol. The normalized spacial score (nSPS) is 11.2. The zero-order valence-electron chi connectivity index (χ0n) is 11.1. The number of nitrogens with one attached hydrogen (secondary N) is 1. The largest absolute Gasteiger partial charge is 0.383 e. The molecule has 0 saturated heterocycles. The molecule has 2 rings (SSSR count). The van der Waals surface area contributed by atoms with Crippen molar-refractivity contribution in [3.05, 3.63) is 21.4 Å². The molecule has 0 saturated carbocycles. The molecule has 1 N–H and O–H groups in total. The van der Waals surface area contributed by atoms with Gasteiger partial charge < -0.3 is 10.1 Å². The number of nitrogens with zero attached hydrogens (tertiary/aromatic N) is 4. The van der Waals surface area contributed by atoms with Crippen molar-refractivity contribution < 1.29 is 4.74 Å². The number of aryl methyl sites for hydroxylation is 1. The summed E-state index contributed by atoms with van der Waals surface area (Å²) in [6, 6.07) is 0. The molecule has 0 spiro atoms. The van der Waals surface area contributed by atoms with Crippen LogP contribution in [0.15, 0.2) is 0 Å². The van der Waals surface area contributed by atoms with Gasteiger partial charge in [-0.25, -0.2) is 4.68 Å². The van der Waals surface area contributed by atoms with Crippen molar-refractivity contribution in [2.45, 2.75) is 20.4 Å². The van der Waals surface area contributed by atoms with Gasteiger partial charge in [-0.2, -0.15) is 5.10 Å². The van der Waals surface area contributed by atoms with E-state index in [2.05, 4.69) is 20.6 Å². The van der Waals surface area contributed by atoms with Crippen LogP contribution < -0.4 is 5.32 Å². The lowest BCUT2D eigenvalue weighted by molar-refractivity contribution is 0.199. The minimum Gasteiger partial charge on any atom is -0.383 e. The van der Waals surface area contributed by atoms with Crippen molar-refractivity contribution in [3.63, 3.8) is 0 Å². The lowest BCUT2D eigenvalue weighted by Crippen LogP contribution is -2.18. The summed E-state index contributed by atoms with van der Waals surface area (Å²) in [6.45, 7) is 5.93. The van der Waals surface area contributed by atoms with Gasteiger partial charge in [-0.15, -0.1) is 10.2 Å². The summed E-state index contributed by atoms with van der Waals surface area (Å²) in [5, 5.41) is 18.2. The van der Waals surface area contributed by atoms with Crippen LogP contribution in [-0.4, -0.2) is 40.2 Å². The van der Waals surface area contributed by atoms with Crippen LogP contribution in [0.4, 0.5) is 0 Å². The molecule has 0 bridgehead atoms. The fourth-order valence-corrected chi connectivity index (χ4v) is 2.51. The van der Waals surface area contributed by atoms with Crippen LogP contribution in [0.5, 0.6) is 0 Å². The Labute approximate surface area is 120 Å². The van der Waals surface area contributed by atoms with Gasteiger partial charge in [0, 0.05) is 20.2 Å². The monoisotopic (exact) mass is 301 g/mol. The highest BCUT2D eigenvalue weighted by molar-refractivity contribution is 7.13. The predicted octanol–water partition coefficient (Wildman–Crippen LogP) is 1.73. The van der Waals surface area contributed by atoms with E-state index in [1.807, 2.05) is 13.8 Å². The van der Waals surface area contributed by atoms with Gasteiger partial charge in [0.15, 0.2) is 0 Å². The first-order chi connectivity index (χ1) is 9.13. The standard InChI is InChI=1S/C11H16ClN5OS/c1-7-10(12)8(2)17(16-7)11-15-14-9(19-11)6-13-4-5-18-3/h13H,4-6H2,1-3H3. The Bertz CT molecular complexity index is 553. The molecule has 0 aliphatic heterocycles. The number of halogens is 1. The van der Waals surface area contributed by atoms with Gasteiger partial charge in [-0.05, 0) is 13.8 Å². The van der Waals surface area contributed by atoms with Crippen molar-refractivity contribution in [1.82, 2.24) is 25.3 Å². The molecule has 6 nitrogen and oxygen atoms in total. The predicted molar refractivity (Wildman–Crippen MR) is 75.1 cm³/mol. The second kappa shape index (κ2) is 6.42. The van der Waals surface area contributed by atoms with Crippen LogP contribution in [-0.2, 0) is 11.3 Å². The third-order valence-electron chi connectivity index (χ3n) is 2.60. The van der Waals surface area contributed by atoms with Crippen LogP contribution in [0.3, 0.4) is 0 Å². The topological polar surface area (TPSA) is 64.9 Å². The van der Waals surface area contributed by atoms with E-state index in [0.717, 1.165) is 28.1 Å². The van der Waals surface area contributed by atoms with Gasteiger partial charge in [0.2, 0.25) is 5.13 Å². The number of hydrogen-bond acceptors (Lipinski definition) is 6. The van der Waals surface area contributed by atoms with Gasteiger partial charge in [-0.1, -0.05) is 22.9 Å². The summed E-state index contributed by atoms with van der Waals surface area (Å²) >= 11 is 7.62. The van der Waals surface area contributed by atoms with Gasteiger partial charge >= 0.3 is 0 Å². The number of hydrogen-bond donors (Lipinski definition) is 1. The SMILES string of the molecule is COCCNCc1nnc(-n2nc(C)c(Cl)c2C)s1. The molecule has 2 aromatic rings. The molecule has 0 fully saturated rings. The molecule has 8 heteroatoms. The van der Waals surface area contributed by atoms with E-state index < -0.39 is 0 Å². The van der Waals surface area contributed by atoms with Crippen molar-refractivity contribution >= 4 is 22.9 Å². The Balaban J connectivity index is 2.06. The van der Waals surface area contributed by atoms with E-state index in [4.69, 9.17) is 16.3 Å². The quantitative estimate of drug-likeness (QED) is 0.823. The Hall–Kier alpha value is -1.02. The van der Waals surface area contributed by atoms with Gasteiger partial charge in [-0.3, -0.25) is 0 Å². The Kier molecular flexibility index (Phi) is 4.87. The summed E-state index contributed by atoms with van der Waals surface area (Å²) in [5.74, 6) is 0. The van der Waals surface area contributed by atoms with E-state index >= 15 is 0 Å². The first-order valence-electron chi connectivity index (χ1n) is 5.87. The first kappa shape index (κ1) is 14.4. The van der Waals surface area contributed by atoms with Crippen LogP contribution in [0.25, 0.3) is 5.13 Å². The van der Waals surface area contributed by atoms with Crippen molar-refractivity contribution in [1.29, 1.82) is 0 Å². The average molecular weight is 302 g/mol. The fraction of sp³-hybridized carbons (Fsp3) is 0.545. The maximum atomic E-state index is 6.12. The third-order valence-corrected chi connectivity index (χ3v) is 4.05. The van der Waals surface area contributed by atoms with E-state index in [-0.39, 0.29) is 0 Å². The molecule has 0 aromatic carbocycles. The number of aromatic nitrogens is 4. The van der Waals surface area contributed by atoms with E-state index in [1.54, 1.807) is 11.8 Å². The van der Waals surface area contributed by atoms with Crippen LogP contribution in [0.2, 0.25) is 5.02 Å². The summed E-state index contributed by atoms with van der Waals surface area (Å²) < 4.78 is 6.69. The molecule has 2 aromatic heterocycles. The molecule has 104 valence electrons. The maximum absolute atomic E-state index is 6.12. The van der Waals surface area contributed by atoms with Gasteiger partial charge in [0.05, 0.1) is 23.0 Å². The minimum absolute atomic E-state index is 0.675. The Morgan fingerprint density at radius 3 is 2.79 bits per heavy atom. The van der Waals surface area contributed by atoms with Gasteiger partial charge in [0.1, 0.15) is 5.01 Å². The molecule has 2 heterocycles. The second-order valence-electron chi connectivity index (χ2n) is 4.04. The summed E-state index contributed by atoms with van der Waals surface area (Å²) in [7, 11) is 1.68. The molecule has 19 heavy (non-hydrogen) atoms. The summed E-state index contributed by atoms with van der Waals surface area (Å²) in [4.78, 5) is 0. The summed E-state index contributed by atoms with van der Waals surface area (Å²) in [5.41, 5.74) is 1.68. The molecule has 0 atom stereocenters. The highest BCUT2D eigenvalue weighted by atomic mass is 35.5. The smallest absolute Gasteiger partial charge is 0.233 e. The lowest BCUT2D eigenvalue weighted by atomic mass is 10.4. The Morgan fingerprint density at radius 1 is 1.37 bits per heavy atom. The van der Waals surface area contributed by atoms with Crippen molar-refractivity contribution in [2.24, 2.45) is 0 Å². The highest BCUT2D eigenvalue weighted by Crippen LogP contribution is 2.23. The van der Waals surface area contributed by atoms with E-state index in [9.17, 15) is 0 Å². The first-order valence-corrected chi connectivity index (χ1v) is 7.07. The van der Waals surface area contributed by atoms with Crippen LogP contribution in [0.1, 0.15) is 16.4 Å². The average Bonchev–Trinajstić information content (AvgIpc) is 2.96. The maximum Gasteiger partial charge on any atom is 0.233 e. The molecule has 0 radical (unpaired) electrons. The zero-order valence-corrected chi connectivity index (χ0v) is 12.7. The Morgan fingerprint density at radius 2 is 2.16 bits per heavy atom. The number of methoxy groups -OCH3 is 1. The minimum atomic E-state index is 0.675. The molecule has 0 aliphatic rings. The van der Waals surface area contributed by atoms with Gasteiger partial charge in [0.25, 0.3) is 0 Å². The van der Waals surface area contributed by atoms with Crippen molar-refractivity contribution in [3.8, 4) is 5.13 Å².